The molecule has 0 spiro atoms. The minimum atomic E-state index is -1.42. The van der Waals surface area contributed by atoms with E-state index >= 15 is 0 Å². The van der Waals surface area contributed by atoms with Crippen molar-refractivity contribution in [3.05, 3.63) is 0 Å². The van der Waals surface area contributed by atoms with E-state index in [1.807, 2.05) is 0 Å². The Labute approximate surface area is 101 Å². The van der Waals surface area contributed by atoms with Crippen molar-refractivity contribution < 1.29 is 39.6 Å². The van der Waals surface area contributed by atoms with Crippen molar-refractivity contribution in [2.75, 3.05) is 0 Å². The predicted octanol–water partition coefficient (Wildman–Crippen LogP) is -0.417. The smallest absolute Gasteiger partial charge is 0.307 e. The Balaban J connectivity index is 3.06. The molecule has 0 aromatic rings. The minimum Gasteiger partial charge on any atom is -0.481 e. The van der Waals surface area contributed by atoms with Crippen molar-refractivity contribution in [2.24, 2.45) is 23.7 Å². The average molecular weight is 260 g/mol. The Bertz CT molecular complexity index is 327. The SMILES string of the molecule is O=C(O)C1CC(C(=O)O)[C@H](C(=O)O)CC1C(=O)O. The molecule has 8 nitrogen and oxygen atoms in total. The van der Waals surface area contributed by atoms with Crippen LogP contribution in [0.1, 0.15) is 12.8 Å². The lowest BCUT2D eigenvalue weighted by molar-refractivity contribution is -0.167. The van der Waals surface area contributed by atoms with Gasteiger partial charge in [0.2, 0.25) is 0 Å². The van der Waals surface area contributed by atoms with Crippen LogP contribution in [0.25, 0.3) is 0 Å². The molecule has 100 valence electrons. The van der Waals surface area contributed by atoms with Gasteiger partial charge in [0.25, 0.3) is 0 Å². The van der Waals surface area contributed by atoms with Crippen LogP contribution in [0.15, 0.2) is 0 Å². The summed E-state index contributed by atoms with van der Waals surface area (Å²) in [6, 6.07) is 0. The average Bonchev–Trinajstić information content (AvgIpc) is 2.26. The number of carboxylic acids is 4. The zero-order chi connectivity index (χ0) is 14.0. The van der Waals surface area contributed by atoms with Gasteiger partial charge >= 0.3 is 23.9 Å². The maximum atomic E-state index is 10.9. The van der Waals surface area contributed by atoms with Crippen LogP contribution < -0.4 is 0 Å². The fourth-order valence-electron chi connectivity index (χ4n) is 2.30. The third-order valence-electron chi connectivity index (χ3n) is 3.26. The Kier molecular flexibility index (Phi) is 3.89. The van der Waals surface area contributed by atoms with Crippen molar-refractivity contribution in [3.8, 4) is 0 Å². The van der Waals surface area contributed by atoms with Gasteiger partial charge in [-0.15, -0.1) is 0 Å². The molecule has 0 aromatic carbocycles. The lowest BCUT2D eigenvalue weighted by atomic mass is 9.68. The summed E-state index contributed by atoms with van der Waals surface area (Å²) in [5, 5.41) is 35.5. The Morgan fingerprint density at radius 2 is 0.722 bits per heavy atom. The number of aliphatic carboxylic acids is 4. The van der Waals surface area contributed by atoms with Gasteiger partial charge < -0.3 is 20.4 Å². The highest BCUT2D eigenvalue weighted by atomic mass is 16.4. The van der Waals surface area contributed by atoms with Crippen molar-refractivity contribution in [2.45, 2.75) is 12.8 Å². The van der Waals surface area contributed by atoms with E-state index in [1.54, 1.807) is 0 Å². The molecule has 0 radical (unpaired) electrons. The summed E-state index contributed by atoms with van der Waals surface area (Å²) in [5.74, 6) is -11.2. The topological polar surface area (TPSA) is 149 Å². The Morgan fingerprint density at radius 1 is 0.556 bits per heavy atom. The maximum Gasteiger partial charge on any atom is 0.307 e. The van der Waals surface area contributed by atoms with Gasteiger partial charge in [0.15, 0.2) is 0 Å². The molecule has 1 saturated carbocycles. The zero-order valence-corrected chi connectivity index (χ0v) is 9.15. The number of hydrogen-bond donors (Lipinski definition) is 4. The fourth-order valence-corrected chi connectivity index (χ4v) is 2.30. The molecule has 8 heteroatoms. The van der Waals surface area contributed by atoms with Gasteiger partial charge in [0.05, 0.1) is 23.7 Å². The monoisotopic (exact) mass is 260 g/mol. The highest BCUT2D eigenvalue weighted by Crippen LogP contribution is 2.38. The summed E-state index contributed by atoms with van der Waals surface area (Å²) >= 11 is 0. The molecule has 3 unspecified atom stereocenters. The molecule has 0 saturated heterocycles. The molecule has 1 aliphatic rings. The number of rotatable bonds is 4. The van der Waals surface area contributed by atoms with Crippen LogP contribution in [0.4, 0.5) is 0 Å². The summed E-state index contributed by atoms with van der Waals surface area (Å²) < 4.78 is 0. The van der Waals surface area contributed by atoms with Crippen LogP contribution >= 0.6 is 0 Å². The lowest BCUT2D eigenvalue weighted by Crippen LogP contribution is -2.44. The molecule has 18 heavy (non-hydrogen) atoms. The first-order valence-corrected chi connectivity index (χ1v) is 5.17. The van der Waals surface area contributed by atoms with Crippen LogP contribution in [0.2, 0.25) is 0 Å². The molecule has 1 rings (SSSR count). The molecule has 0 aliphatic heterocycles. The van der Waals surface area contributed by atoms with Crippen molar-refractivity contribution in [1.29, 1.82) is 0 Å². The van der Waals surface area contributed by atoms with E-state index in [4.69, 9.17) is 20.4 Å². The van der Waals surface area contributed by atoms with Crippen LogP contribution in [0, 0.1) is 23.7 Å². The van der Waals surface area contributed by atoms with Crippen LogP contribution in [-0.4, -0.2) is 44.3 Å². The second-order valence-corrected chi connectivity index (χ2v) is 4.25. The summed E-state index contributed by atoms with van der Waals surface area (Å²) in [7, 11) is 0. The maximum absolute atomic E-state index is 10.9. The van der Waals surface area contributed by atoms with E-state index in [9.17, 15) is 19.2 Å². The first-order chi connectivity index (χ1) is 8.25. The summed E-state index contributed by atoms with van der Waals surface area (Å²) in [5.41, 5.74) is 0. The summed E-state index contributed by atoms with van der Waals surface area (Å²) in [6.45, 7) is 0. The minimum absolute atomic E-state index is 0.487. The number of carboxylic acid groups (broad SMARTS) is 4. The van der Waals surface area contributed by atoms with Gasteiger partial charge in [-0.05, 0) is 12.8 Å². The molecule has 1 aliphatic carbocycles. The molecule has 0 bridgehead atoms. The van der Waals surface area contributed by atoms with Crippen LogP contribution in [0.5, 0.6) is 0 Å². The molecule has 0 aromatic heterocycles. The summed E-state index contributed by atoms with van der Waals surface area (Å²) in [4.78, 5) is 43.6. The third-order valence-corrected chi connectivity index (χ3v) is 3.26. The Hall–Kier alpha value is -2.12. The van der Waals surface area contributed by atoms with Crippen LogP contribution in [0.3, 0.4) is 0 Å². The van der Waals surface area contributed by atoms with Crippen molar-refractivity contribution in [3.63, 3.8) is 0 Å². The van der Waals surface area contributed by atoms with E-state index in [0.717, 1.165) is 0 Å². The molecule has 0 heterocycles. The van der Waals surface area contributed by atoms with Crippen molar-refractivity contribution in [1.82, 2.24) is 0 Å². The highest BCUT2D eigenvalue weighted by molar-refractivity contribution is 5.85. The first-order valence-electron chi connectivity index (χ1n) is 5.17. The van der Waals surface area contributed by atoms with E-state index < -0.39 is 60.4 Å². The second kappa shape index (κ2) is 5.03. The molecular weight excluding hydrogens is 248 g/mol. The van der Waals surface area contributed by atoms with E-state index in [-0.39, 0.29) is 0 Å². The highest BCUT2D eigenvalue weighted by Gasteiger charge is 2.49. The van der Waals surface area contributed by atoms with Gasteiger partial charge in [0.1, 0.15) is 0 Å². The molecule has 0 amide bonds. The van der Waals surface area contributed by atoms with Gasteiger partial charge in [-0.25, -0.2) is 0 Å². The lowest BCUT2D eigenvalue weighted by Gasteiger charge is -2.33. The molecular formula is C10H12O8. The normalized spacial score (nSPS) is 31.6. The first kappa shape index (κ1) is 13.9. The number of hydrogen-bond acceptors (Lipinski definition) is 4. The zero-order valence-electron chi connectivity index (χ0n) is 9.15. The van der Waals surface area contributed by atoms with Gasteiger partial charge in [-0.3, -0.25) is 19.2 Å². The standard InChI is InChI=1S/C10H12O8/c11-7(12)3-1-4(8(13)14)6(10(17)18)2-5(3)9(15)16/h3-6H,1-2H2,(H,11,12)(H,13,14)(H,15,16)(H,17,18)/t3-,4?,5?,6?/m1/s1. The second-order valence-electron chi connectivity index (χ2n) is 4.25. The predicted molar refractivity (Wildman–Crippen MR) is 53.7 cm³/mol. The van der Waals surface area contributed by atoms with Gasteiger partial charge in [-0.1, -0.05) is 0 Å². The van der Waals surface area contributed by atoms with Crippen molar-refractivity contribution >= 4 is 23.9 Å². The molecule has 4 N–H and O–H groups in total. The van der Waals surface area contributed by atoms with E-state index in [0.29, 0.717) is 0 Å². The molecule has 1 fully saturated rings. The number of carbonyl (C=O) groups is 4. The largest absolute Gasteiger partial charge is 0.481 e. The van der Waals surface area contributed by atoms with E-state index in [1.165, 1.54) is 0 Å². The van der Waals surface area contributed by atoms with Gasteiger partial charge in [0, 0.05) is 0 Å². The molecule has 4 atom stereocenters. The van der Waals surface area contributed by atoms with Crippen LogP contribution in [-0.2, 0) is 19.2 Å². The fraction of sp³-hybridized carbons (Fsp3) is 0.600. The Morgan fingerprint density at radius 3 is 0.833 bits per heavy atom. The quantitative estimate of drug-likeness (QED) is 0.532. The van der Waals surface area contributed by atoms with Gasteiger partial charge in [-0.2, -0.15) is 0 Å². The van der Waals surface area contributed by atoms with E-state index in [2.05, 4.69) is 0 Å². The summed E-state index contributed by atoms with van der Waals surface area (Å²) in [6.07, 6.45) is -0.975. The third kappa shape index (κ3) is 2.58.